The van der Waals surface area contributed by atoms with Crippen LogP contribution in [0.5, 0.6) is 0 Å². The van der Waals surface area contributed by atoms with Gasteiger partial charge in [-0.05, 0) is 31.5 Å². The lowest BCUT2D eigenvalue weighted by molar-refractivity contribution is 0.0754. The molecule has 1 amide bonds. The predicted octanol–water partition coefficient (Wildman–Crippen LogP) is 2.47. The average molecular weight is 274 g/mol. The van der Waals surface area contributed by atoms with Crippen LogP contribution in [0.3, 0.4) is 0 Å². The Morgan fingerprint density at radius 2 is 2.24 bits per heavy atom. The molecule has 0 aliphatic carbocycles. The van der Waals surface area contributed by atoms with Crippen molar-refractivity contribution in [2.24, 2.45) is 0 Å². The van der Waals surface area contributed by atoms with Crippen molar-refractivity contribution in [3.05, 3.63) is 28.8 Å². The molecule has 3 nitrogen and oxygen atoms in total. The van der Waals surface area contributed by atoms with Crippen LogP contribution in [0.2, 0.25) is 5.02 Å². The largest absolute Gasteiger partial charge is 0.396 e. The van der Waals surface area contributed by atoms with Gasteiger partial charge in [0.05, 0.1) is 10.6 Å². The molecule has 17 heavy (non-hydrogen) atoms. The molecule has 0 saturated carbocycles. The second kappa shape index (κ2) is 6.89. The molecule has 0 radical (unpaired) electrons. The van der Waals surface area contributed by atoms with Crippen molar-refractivity contribution < 1.29 is 9.90 Å². The number of amides is 1. The molecule has 0 bridgehead atoms. The summed E-state index contributed by atoms with van der Waals surface area (Å²) in [7, 11) is 0. The molecule has 0 aromatic heterocycles. The van der Waals surface area contributed by atoms with Crippen LogP contribution in [0.1, 0.15) is 23.7 Å². The smallest absolute Gasteiger partial charge is 0.255 e. The minimum atomic E-state index is -0.123. The molecule has 1 aromatic carbocycles. The first-order valence-electron chi connectivity index (χ1n) is 5.48. The molecule has 0 aliphatic rings. The van der Waals surface area contributed by atoms with E-state index in [1.807, 2.05) is 6.92 Å². The topological polar surface area (TPSA) is 40.5 Å². The highest BCUT2D eigenvalue weighted by Crippen LogP contribution is 2.21. The van der Waals surface area contributed by atoms with E-state index in [1.54, 1.807) is 23.1 Å². The fourth-order valence-corrected chi connectivity index (χ4v) is 1.91. The zero-order chi connectivity index (χ0) is 12.8. The number of benzene rings is 1. The summed E-state index contributed by atoms with van der Waals surface area (Å²) in [5.74, 6) is -0.123. The summed E-state index contributed by atoms with van der Waals surface area (Å²) in [5.41, 5.74) is 0.457. The normalized spacial score (nSPS) is 10.4. The molecular weight excluding hydrogens is 258 g/mol. The number of halogens is 1. The van der Waals surface area contributed by atoms with E-state index >= 15 is 0 Å². The maximum absolute atomic E-state index is 12.2. The molecule has 0 spiro atoms. The van der Waals surface area contributed by atoms with Crippen molar-refractivity contribution in [3.8, 4) is 0 Å². The molecule has 94 valence electrons. The van der Waals surface area contributed by atoms with E-state index in [4.69, 9.17) is 16.7 Å². The standard InChI is InChI=1S/C12H16ClNO2S/c1-2-14(6-3-7-15)12(16)10-8-9(17)4-5-11(10)13/h4-5,8,15,17H,2-3,6-7H2,1H3. The molecule has 0 heterocycles. The quantitative estimate of drug-likeness (QED) is 0.809. The number of carbonyl (C=O) groups is 1. The summed E-state index contributed by atoms with van der Waals surface area (Å²) < 4.78 is 0. The van der Waals surface area contributed by atoms with Gasteiger partial charge in [0.1, 0.15) is 0 Å². The van der Waals surface area contributed by atoms with Crippen molar-refractivity contribution in [1.82, 2.24) is 4.90 Å². The van der Waals surface area contributed by atoms with Gasteiger partial charge >= 0.3 is 0 Å². The van der Waals surface area contributed by atoms with Gasteiger partial charge in [-0.1, -0.05) is 11.6 Å². The lowest BCUT2D eigenvalue weighted by Crippen LogP contribution is -2.32. The number of hydrogen-bond donors (Lipinski definition) is 2. The van der Waals surface area contributed by atoms with Crippen molar-refractivity contribution in [2.45, 2.75) is 18.2 Å². The van der Waals surface area contributed by atoms with Crippen LogP contribution in [0.25, 0.3) is 0 Å². The van der Waals surface area contributed by atoms with E-state index in [-0.39, 0.29) is 12.5 Å². The summed E-state index contributed by atoms with van der Waals surface area (Å²) in [4.78, 5) is 14.5. The third kappa shape index (κ3) is 3.91. The van der Waals surface area contributed by atoms with E-state index in [0.717, 1.165) is 0 Å². The maximum atomic E-state index is 12.2. The molecule has 1 N–H and O–H groups in total. The Bertz CT molecular complexity index is 398. The Hall–Kier alpha value is -0.710. The second-order valence-corrected chi connectivity index (χ2v) is 4.55. The SMILES string of the molecule is CCN(CCCO)C(=O)c1cc(S)ccc1Cl. The first-order chi connectivity index (χ1) is 8.10. The van der Waals surface area contributed by atoms with Gasteiger partial charge in [0.2, 0.25) is 0 Å². The summed E-state index contributed by atoms with van der Waals surface area (Å²) in [6.07, 6.45) is 0.567. The molecule has 1 rings (SSSR count). The Morgan fingerprint density at radius 3 is 2.82 bits per heavy atom. The third-order valence-corrected chi connectivity index (χ3v) is 3.04. The lowest BCUT2D eigenvalue weighted by atomic mass is 10.2. The summed E-state index contributed by atoms with van der Waals surface area (Å²) in [6, 6.07) is 5.07. The summed E-state index contributed by atoms with van der Waals surface area (Å²) in [5, 5.41) is 9.21. The van der Waals surface area contributed by atoms with Gasteiger partial charge in [-0.2, -0.15) is 0 Å². The van der Waals surface area contributed by atoms with Crippen LogP contribution in [-0.2, 0) is 0 Å². The highest BCUT2D eigenvalue weighted by Gasteiger charge is 2.16. The Kier molecular flexibility index (Phi) is 5.82. The number of nitrogens with zero attached hydrogens (tertiary/aromatic N) is 1. The molecule has 0 atom stereocenters. The maximum Gasteiger partial charge on any atom is 0.255 e. The van der Waals surface area contributed by atoms with Gasteiger partial charge in [-0.3, -0.25) is 4.79 Å². The van der Waals surface area contributed by atoms with Crippen molar-refractivity contribution >= 4 is 30.1 Å². The Labute approximate surface area is 112 Å². The average Bonchev–Trinajstić information content (AvgIpc) is 2.33. The van der Waals surface area contributed by atoms with Crippen LogP contribution in [-0.4, -0.2) is 35.6 Å². The van der Waals surface area contributed by atoms with Crippen LogP contribution in [0.4, 0.5) is 0 Å². The first-order valence-corrected chi connectivity index (χ1v) is 6.31. The zero-order valence-electron chi connectivity index (χ0n) is 9.69. The predicted molar refractivity (Wildman–Crippen MR) is 72.0 cm³/mol. The van der Waals surface area contributed by atoms with Gasteiger partial charge in [0, 0.05) is 24.6 Å². The zero-order valence-corrected chi connectivity index (χ0v) is 11.3. The number of aliphatic hydroxyl groups excluding tert-OH is 1. The van der Waals surface area contributed by atoms with Gasteiger partial charge in [-0.25, -0.2) is 0 Å². The Morgan fingerprint density at radius 1 is 1.53 bits per heavy atom. The van der Waals surface area contributed by atoms with Gasteiger partial charge < -0.3 is 10.0 Å². The molecule has 0 saturated heterocycles. The number of thiol groups is 1. The number of hydrogen-bond acceptors (Lipinski definition) is 3. The van der Waals surface area contributed by atoms with E-state index in [9.17, 15) is 4.79 Å². The van der Waals surface area contributed by atoms with Crippen molar-refractivity contribution in [3.63, 3.8) is 0 Å². The van der Waals surface area contributed by atoms with E-state index in [1.165, 1.54) is 0 Å². The number of carbonyl (C=O) groups excluding carboxylic acids is 1. The van der Waals surface area contributed by atoms with E-state index in [0.29, 0.717) is 35.0 Å². The first kappa shape index (κ1) is 14.4. The molecule has 1 aromatic rings. The van der Waals surface area contributed by atoms with Crippen molar-refractivity contribution in [2.75, 3.05) is 19.7 Å². The number of rotatable bonds is 5. The fraction of sp³-hybridized carbons (Fsp3) is 0.417. The second-order valence-electron chi connectivity index (χ2n) is 3.63. The molecular formula is C12H16ClNO2S. The highest BCUT2D eigenvalue weighted by molar-refractivity contribution is 7.80. The molecule has 5 heteroatoms. The van der Waals surface area contributed by atoms with Gasteiger partial charge in [0.25, 0.3) is 5.91 Å². The van der Waals surface area contributed by atoms with Gasteiger partial charge in [-0.15, -0.1) is 12.6 Å². The van der Waals surface area contributed by atoms with Crippen LogP contribution in [0.15, 0.2) is 23.1 Å². The van der Waals surface area contributed by atoms with Gasteiger partial charge in [0.15, 0.2) is 0 Å². The minimum Gasteiger partial charge on any atom is -0.396 e. The third-order valence-electron chi connectivity index (χ3n) is 2.44. The highest BCUT2D eigenvalue weighted by atomic mass is 35.5. The molecule has 0 unspecified atom stereocenters. The molecule has 0 fully saturated rings. The summed E-state index contributed by atoms with van der Waals surface area (Å²) >= 11 is 10.2. The Balaban J connectivity index is 2.89. The van der Waals surface area contributed by atoms with E-state index in [2.05, 4.69) is 12.6 Å². The fourth-order valence-electron chi connectivity index (χ4n) is 1.51. The minimum absolute atomic E-state index is 0.0735. The molecule has 0 aliphatic heterocycles. The van der Waals surface area contributed by atoms with Crippen molar-refractivity contribution in [1.29, 1.82) is 0 Å². The van der Waals surface area contributed by atoms with Crippen LogP contribution < -0.4 is 0 Å². The lowest BCUT2D eigenvalue weighted by Gasteiger charge is -2.21. The van der Waals surface area contributed by atoms with Crippen LogP contribution >= 0.6 is 24.2 Å². The monoisotopic (exact) mass is 273 g/mol. The van der Waals surface area contributed by atoms with Crippen LogP contribution in [0, 0.1) is 0 Å². The van der Waals surface area contributed by atoms with E-state index < -0.39 is 0 Å². The number of aliphatic hydroxyl groups is 1. The summed E-state index contributed by atoms with van der Waals surface area (Å²) in [6.45, 7) is 3.09.